The maximum Gasteiger partial charge on any atom is 0.266 e. The number of thioether (sulfide) groups is 1. The van der Waals surface area contributed by atoms with E-state index in [0.717, 1.165) is 11.3 Å². The van der Waals surface area contributed by atoms with Crippen molar-refractivity contribution in [3.63, 3.8) is 0 Å². The Balaban J connectivity index is 1.56. The average Bonchev–Trinajstić information content (AvgIpc) is 3.12. The molecule has 0 saturated carbocycles. The molecule has 3 rings (SSSR count). The Morgan fingerprint density at radius 3 is 2.71 bits per heavy atom. The molecule has 7 nitrogen and oxygen atoms in total. The number of sulfone groups is 1. The minimum absolute atomic E-state index is 0.0234. The molecule has 0 aliphatic carbocycles. The molecule has 2 aliphatic rings. The first kappa shape index (κ1) is 20.8. The Morgan fingerprint density at radius 1 is 1.39 bits per heavy atom. The van der Waals surface area contributed by atoms with E-state index >= 15 is 0 Å². The van der Waals surface area contributed by atoms with Crippen LogP contribution in [0.4, 0.5) is 0 Å². The van der Waals surface area contributed by atoms with Gasteiger partial charge in [-0.2, -0.15) is 0 Å². The monoisotopic (exact) mass is 440 g/mol. The first-order valence-electron chi connectivity index (χ1n) is 8.66. The van der Waals surface area contributed by atoms with Crippen LogP contribution in [0.1, 0.15) is 18.4 Å². The fourth-order valence-electron chi connectivity index (χ4n) is 2.97. The lowest BCUT2D eigenvalue weighted by Crippen LogP contribution is -2.38. The number of methoxy groups -OCH3 is 1. The molecule has 2 amide bonds. The van der Waals surface area contributed by atoms with Gasteiger partial charge in [-0.05, 0) is 30.2 Å². The molecule has 10 heteroatoms. The molecule has 0 aromatic heterocycles. The van der Waals surface area contributed by atoms with Gasteiger partial charge in [-0.25, -0.2) is 8.42 Å². The fourth-order valence-corrected chi connectivity index (χ4v) is 5.95. The molecule has 2 aliphatic heterocycles. The van der Waals surface area contributed by atoms with E-state index in [0.29, 0.717) is 15.6 Å². The minimum atomic E-state index is -3.05. The summed E-state index contributed by atoms with van der Waals surface area (Å²) in [5.41, 5.74) is 0.849. The Bertz CT molecular complexity index is 925. The Labute approximate surface area is 173 Å². The number of hydrogen-bond acceptors (Lipinski definition) is 7. The summed E-state index contributed by atoms with van der Waals surface area (Å²) in [5, 5.41) is 2.72. The third kappa shape index (κ3) is 5.12. The van der Waals surface area contributed by atoms with Crippen molar-refractivity contribution in [1.82, 2.24) is 10.2 Å². The second-order valence-corrected chi connectivity index (χ2v) is 10.4. The van der Waals surface area contributed by atoms with Gasteiger partial charge in [0.25, 0.3) is 5.91 Å². The van der Waals surface area contributed by atoms with Crippen LogP contribution in [0.5, 0.6) is 5.75 Å². The molecular formula is C18H20N2O5S3. The zero-order chi connectivity index (χ0) is 20.3. The van der Waals surface area contributed by atoms with Crippen molar-refractivity contribution in [2.45, 2.75) is 18.9 Å². The largest absolute Gasteiger partial charge is 0.497 e. The van der Waals surface area contributed by atoms with E-state index in [4.69, 9.17) is 17.0 Å². The molecule has 150 valence electrons. The van der Waals surface area contributed by atoms with Gasteiger partial charge < -0.3 is 10.1 Å². The smallest absolute Gasteiger partial charge is 0.266 e. The van der Waals surface area contributed by atoms with Gasteiger partial charge in [-0.3, -0.25) is 14.5 Å². The third-order valence-electron chi connectivity index (χ3n) is 4.45. The van der Waals surface area contributed by atoms with Gasteiger partial charge in [0.2, 0.25) is 5.91 Å². The third-order valence-corrected chi connectivity index (χ3v) is 7.59. The molecule has 2 heterocycles. The topological polar surface area (TPSA) is 92.8 Å². The molecule has 0 spiro atoms. The SMILES string of the molecule is COc1ccc(/C=C2/SC(=S)N(CCC(=O)N[C@@H]3CCS(=O)(=O)C3)C2=O)cc1. The number of carbonyl (C=O) groups excluding carboxylic acids is 2. The van der Waals surface area contributed by atoms with Crippen LogP contribution in [0.25, 0.3) is 6.08 Å². The lowest BCUT2D eigenvalue weighted by atomic mass is 10.2. The van der Waals surface area contributed by atoms with Crippen LogP contribution >= 0.6 is 24.0 Å². The second-order valence-electron chi connectivity index (χ2n) is 6.52. The van der Waals surface area contributed by atoms with E-state index in [1.165, 1.54) is 16.7 Å². The highest BCUT2D eigenvalue weighted by atomic mass is 32.2. The number of amides is 2. The highest BCUT2D eigenvalue weighted by Crippen LogP contribution is 2.32. The standard InChI is InChI=1S/C18H20N2O5S3/c1-25-14-4-2-12(3-5-14)10-15-17(22)20(18(26)27-15)8-6-16(21)19-13-7-9-28(23,24)11-13/h2-5,10,13H,6-9,11H2,1H3,(H,19,21)/b15-10+/t13-/m1/s1. The normalized spacial score (nSPS) is 22.7. The number of nitrogens with one attached hydrogen (secondary N) is 1. The summed E-state index contributed by atoms with van der Waals surface area (Å²) in [7, 11) is -1.46. The van der Waals surface area contributed by atoms with E-state index in [-0.39, 0.29) is 42.3 Å². The highest BCUT2D eigenvalue weighted by molar-refractivity contribution is 8.26. The van der Waals surface area contributed by atoms with E-state index in [9.17, 15) is 18.0 Å². The molecule has 1 aromatic carbocycles. The van der Waals surface area contributed by atoms with Crippen molar-refractivity contribution < 1.29 is 22.7 Å². The molecule has 0 unspecified atom stereocenters. The summed E-state index contributed by atoms with van der Waals surface area (Å²) >= 11 is 6.47. The molecule has 2 saturated heterocycles. The number of hydrogen-bond donors (Lipinski definition) is 1. The maximum atomic E-state index is 12.6. The number of thiocarbonyl (C=S) groups is 1. The quantitative estimate of drug-likeness (QED) is 0.530. The Hall–Kier alpha value is -1.91. The first-order chi connectivity index (χ1) is 13.3. The van der Waals surface area contributed by atoms with Gasteiger partial charge in [-0.1, -0.05) is 36.1 Å². The Morgan fingerprint density at radius 2 is 2.11 bits per heavy atom. The van der Waals surface area contributed by atoms with Crippen molar-refractivity contribution in [3.8, 4) is 5.75 Å². The minimum Gasteiger partial charge on any atom is -0.497 e. The number of benzene rings is 1. The predicted molar refractivity (Wildman–Crippen MR) is 113 cm³/mol. The molecule has 1 atom stereocenters. The summed E-state index contributed by atoms with van der Waals surface area (Å²) in [5.74, 6) is 0.288. The van der Waals surface area contributed by atoms with Crippen LogP contribution in [0, 0.1) is 0 Å². The van der Waals surface area contributed by atoms with Crippen LogP contribution in [-0.2, 0) is 19.4 Å². The first-order valence-corrected chi connectivity index (χ1v) is 11.7. The van der Waals surface area contributed by atoms with Gasteiger partial charge in [0, 0.05) is 19.0 Å². The summed E-state index contributed by atoms with van der Waals surface area (Å²) in [6.07, 6.45) is 2.25. The van der Waals surface area contributed by atoms with Crippen LogP contribution in [0.2, 0.25) is 0 Å². The summed E-state index contributed by atoms with van der Waals surface area (Å²) < 4.78 is 28.4. The van der Waals surface area contributed by atoms with Gasteiger partial charge in [0.1, 0.15) is 10.1 Å². The molecule has 2 fully saturated rings. The number of nitrogens with zero attached hydrogens (tertiary/aromatic N) is 1. The molecule has 0 radical (unpaired) electrons. The fraction of sp³-hybridized carbons (Fsp3) is 0.389. The van der Waals surface area contributed by atoms with E-state index < -0.39 is 9.84 Å². The van der Waals surface area contributed by atoms with Crippen molar-refractivity contribution >= 4 is 56.0 Å². The van der Waals surface area contributed by atoms with Crippen molar-refractivity contribution in [2.24, 2.45) is 0 Å². The van der Waals surface area contributed by atoms with E-state index in [1.807, 2.05) is 12.1 Å². The zero-order valence-electron chi connectivity index (χ0n) is 15.2. The van der Waals surface area contributed by atoms with E-state index in [2.05, 4.69) is 5.32 Å². The number of rotatable bonds is 6. The van der Waals surface area contributed by atoms with Crippen molar-refractivity contribution in [3.05, 3.63) is 34.7 Å². The number of carbonyl (C=O) groups is 2. The zero-order valence-corrected chi connectivity index (χ0v) is 17.7. The van der Waals surface area contributed by atoms with Crippen LogP contribution < -0.4 is 10.1 Å². The molecule has 1 aromatic rings. The van der Waals surface area contributed by atoms with Crippen molar-refractivity contribution in [1.29, 1.82) is 0 Å². The summed E-state index contributed by atoms with van der Waals surface area (Å²) in [4.78, 5) is 26.6. The molecule has 28 heavy (non-hydrogen) atoms. The average molecular weight is 441 g/mol. The molecule has 0 bridgehead atoms. The van der Waals surface area contributed by atoms with Gasteiger partial charge in [-0.15, -0.1) is 0 Å². The summed E-state index contributed by atoms with van der Waals surface area (Å²) in [6.45, 7) is 0.163. The predicted octanol–water partition coefficient (Wildman–Crippen LogP) is 1.59. The lowest BCUT2D eigenvalue weighted by Gasteiger charge is -2.15. The highest BCUT2D eigenvalue weighted by Gasteiger charge is 2.33. The van der Waals surface area contributed by atoms with Crippen LogP contribution in [-0.4, -0.2) is 60.7 Å². The van der Waals surface area contributed by atoms with Crippen LogP contribution in [0.3, 0.4) is 0 Å². The Kier molecular flexibility index (Phi) is 6.41. The molecule has 1 N–H and O–H groups in total. The second kappa shape index (κ2) is 8.62. The van der Waals surface area contributed by atoms with Gasteiger partial charge >= 0.3 is 0 Å². The molecular weight excluding hydrogens is 420 g/mol. The van der Waals surface area contributed by atoms with Gasteiger partial charge in [0.15, 0.2) is 9.84 Å². The van der Waals surface area contributed by atoms with Crippen molar-refractivity contribution in [2.75, 3.05) is 25.2 Å². The van der Waals surface area contributed by atoms with E-state index in [1.54, 1.807) is 25.3 Å². The van der Waals surface area contributed by atoms with Gasteiger partial charge in [0.05, 0.1) is 23.5 Å². The summed E-state index contributed by atoms with van der Waals surface area (Å²) in [6, 6.07) is 6.95. The number of ether oxygens (including phenoxy) is 1. The lowest BCUT2D eigenvalue weighted by molar-refractivity contribution is -0.124. The maximum absolute atomic E-state index is 12.6. The van der Waals surface area contributed by atoms with Crippen LogP contribution in [0.15, 0.2) is 29.2 Å².